The van der Waals surface area contributed by atoms with Crippen LogP contribution in [-0.2, 0) is 4.57 Å². The lowest BCUT2D eigenvalue weighted by Crippen LogP contribution is -2.12. The summed E-state index contributed by atoms with van der Waals surface area (Å²) in [5.41, 5.74) is 8.27. The van der Waals surface area contributed by atoms with E-state index in [1.165, 1.54) is 0 Å². The molecule has 0 bridgehead atoms. The molecule has 10 heteroatoms. The molecule has 2 rings (SSSR count). The number of carbonyl (C=O) groups excluding carboxylic acids is 1. The molecule has 0 aliphatic carbocycles. The molecule has 2 N–H and O–H groups in total. The molecule has 2 aromatic carbocycles. The Morgan fingerprint density at radius 1 is 0.938 bits per heavy atom. The van der Waals surface area contributed by atoms with Gasteiger partial charge in [0.15, 0.2) is 0 Å². The standard InChI is InChI=1S/C11H15NO2.C11H13NO.Cl3OP/c1-7(2)14-10-5-4-9(11(12)13)6-8(10)3;1-8(2)13-11-5-4-10(7-12)6-9(11)3;1-5(2,3)4/h4-7H,1-3H3,(H2,12,13);4-6,8H,1-3H3;. The van der Waals surface area contributed by atoms with Crippen molar-refractivity contribution in [2.75, 3.05) is 0 Å². The maximum absolute atomic E-state index is 10.9. The molecule has 0 aliphatic heterocycles. The van der Waals surface area contributed by atoms with Gasteiger partial charge < -0.3 is 15.2 Å². The molecular formula is C22H28Cl3N2O4P. The fraction of sp³-hybridized carbons (Fsp3) is 0.364. The highest BCUT2D eigenvalue weighted by Crippen LogP contribution is 2.61. The van der Waals surface area contributed by atoms with Crippen molar-refractivity contribution >= 4 is 44.8 Å². The third kappa shape index (κ3) is 14.2. The van der Waals surface area contributed by atoms with Gasteiger partial charge in [-0.2, -0.15) is 5.26 Å². The Morgan fingerprint density at radius 2 is 1.34 bits per heavy atom. The largest absolute Gasteiger partial charge is 0.491 e. The van der Waals surface area contributed by atoms with Crippen LogP contribution in [0.1, 0.15) is 54.7 Å². The van der Waals surface area contributed by atoms with Crippen LogP contribution in [0.4, 0.5) is 0 Å². The van der Waals surface area contributed by atoms with Crippen molar-refractivity contribution in [2.45, 2.75) is 53.8 Å². The minimum Gasteiger partial charge on any atom is -0.491 e. The van der Waals surface area contributed by atoms with Crippen molar-refractivity contribution in [3.05, 3.63) is 58.7 Å². The molecular weight excluding hydrogens is 494 g/mol. The monoisotopic (exact) mass is 520 g/mol. The van der Waals surface area contributed by atoms with Gasteiger partial charge in [-0.05, 0) is 123 Å². The first kappa shape index (κ1) is 30.1. The summed E-state index contributed by atoms with van der Waals surface area (Å²) < 4.78 is 20.6. The number of rotatable bonds is 5. The van der Waals surface area contributed by atoms with Crippen molar-refractivity contribution < 1.29 is 18.8 Å². The first-order valence-electron chi connectivity index (χ1n) is 9.57. The number of nitrogens with zero attached hydrogens (tertiary/aromatic N) is 1. The molecule has 0 saturated carbocycles. The first-order chi connectivity index (χ1) is 14.6. The smallest absolute Gasteiger partial charge is 0.339 e. The fourth-order valence-electron chi connectivity index (χ4n) is 2.29. The highest BCUT2D eigenvalue weighted by molar-refractivity contribution is 8.24. The predicted octanol–water partition coefficient (Wildman–Crippen LogP) is 7.35. The van der Waals surface area contributed by atoms with Crippen molar-refractivity contribution in [3.8, 4) is 17.6 Å². The average Bonchev–Trinajstić information content (AvgIpc) is 2.63. The summed E-state index contributed by atoms with van der Waals surface area (Å²) in [5, 5.41) is 5.42. The molecule has 0 aliphatic rings. The number of nitriles is 1. The second kappa shape index (κ2) is 14.3. The lowest BCUT2D eigenvalue weighted by atomic mass is 10.1. The minimum absolute atomic E-state index is 0.133. The molecule has 1 amide bonds. The van der Waals surface area contributed by atoms with E-state index in [1.807, 2.05) is 53.7 Å². The number of hydrogen-bond donors (Lipinski definition) is 1. The molecule has 0 heterocycles. The average molecular weight is 522 g/mol. The van der Waals surface area contributed by atoms with Gasteiger partial charge in [0.05, 0.1) is 23.8 Å². The number of aryl methyl sites for hydroxylation is 2. The van der Waals surface area contributed by atoms with Crippen LogP contribution in [0.3, 0.4) is 0 Å². The van der Waals surface area contributed by atoms with Gasteiger partial charge in [-0.15, -0.1) is 0 Å². The van der Waals surface area contributed by atoms with Crippen LogP contribution >= 0.6 is 38.9 Å². The molecule has 32 heavy (non-hydrogen) atoms. The maximum atomic E-state index is 10.9. The second-order valence-corrected chi connectivity index (χ2v) is 13.8. The molecule has 0 radical (unpaired) electrons. The van der Waals surface area contributed by atoms with Gasteiger partial charge in [-0.1, -0.05) is 0 Å². The number of ether oxygens (including phenoxy) is 2. The van der Waals surface area contributed by atoms with E-state index in [0.717, 1.165) is 22.6 Å². The lowest BCUT2D eigenvalue weighted by Gasteiger charge is -2.12. The van der Waals surface area contributed by atoms with Gasteiger partial charge in [0.25, 0.3) is 0 Å². The summed E-state index contributed by atoms with van der Waals surface area (Å²) in [7, 11) is 0. The Hall–Kier alpha value is -1.90. The first-order valence-corrected chi connectivity index (χ1v) is 14.0. The molecule has 0 aromatic heterocycles. The van der Waals surface area contributed by atoms with Gasteiger partial charge in [0.1, 0.15) is 11.5 Å². The zero-order valence-corrected chi connectivity index (χ0v) is 22.0. The highest BCUT2D eigenvalue weighted by atomic mass is 36.0. The van der Waals surface area contributed by atoms with E-state index in [-0.39, 0.29) is 12.2 Å². The number of carbonyl (C=O) groups is 1. The number of benzene rings is 2. The van der Waals surface area contributed by atoms with Crippen molar-refractivity contribution in [3.63, 3.8) is 0 Å². The Kier molecular flexibility index (Phi) is 13.4. The predicted molar refractivity (Wildman–Crippen MR) is 132 cm³/mol. The third-order valence-electron chi connectivity index (χ3n) is 3.49. The van der Waals surface area contributed by atoms with Crippen LogP contribution in [0, 0.1) is 25.2 Å². The van der Waals surface area contributed by atoms with Crippen LogP contribution in [0.5, 0.6) is 11.5 Å². The number of primary amides is 1. The van der Waals surface area contributed by atoms with Crippen LogP contribution in [-0.4, -0.2) is 18.1 Å². The van der Waals surface area contributed by atoms with E-state index in [0.29, 0.717) is 11.1 Å². The number of hydrogen-bond acceptors (Lipinski definition) is 5. The second-order valence-electron chi connectivity index (χ2n) is 7.17. The number of halogens is 3. The van der Waals surface area contributed by atoms with Crippen LogP contribution < -0.4 is 15.2 Å². The summed E-state index contributed by atoms with van der Waals surface area (Å²) in [6.45, 7) is 11.7. The van der Waals surface area contributed by atoms with Gasteiger partial charge in [0, 0.05) is 5.56 Å². The minimum atomic E-state index is -3.22. The van der Waals surface area contributed by atoms with Crippen LogP contribution in [0.15, 0.2) is 36.4 Å². The van der Waals surface area contributed by atoms with Gasteiger partial charge in [0.2, 0.25) is 5.91 Å². The zero-order chi connectivity index (χ0) is 25.1. The van der Waals surface area contributed by atoms with Crippen molar-refractivity contribution in [1.29, 1.82) is 5.26 Å². The van der Waals surface area contributed by atoms with Crippen LogP contribution in [0.25, 0.3) is 0 Å². The zero-order valence-electron chi connectivity index (χ0n) is 18.9. The maximum Gasteiger partial charge on any atom is 0.339 e. The van der Waals surface area contributed by atoms with Gasteiger partial charge in [-0.25, -0.2) is 0 Å². The molecule has 0 spiro atoms. The summed E-state index contributed by atoms with van der Waals surface area (Å²) >= 11 is 13.8. The highest BCUT2D eigenvalue weighted by Gasteiger charge is 2.06. The molecule has 6 nitrogen and oxygen atoms in total. The van der Waals surface area contributed by atoms with E-state index >= 15 is 0 Å². The molecule has 0 fully saturated rings. The lowest BCUT2D eigenvalue weighted by molar-refractivity contribution is 0.1000. The van der Waals surface area contributed by atoms with E-state index in [9.17, 15) is 9.36 Å². The summed E-state index contributed by atoms with van der Waals surface area (Å²) in [4.78, 5) is 10.9. The number of nitrogens with two attached hydrogens (primary N) is 1. The summed E-state index contributed by atoms with van der Waals surface area (Å²) in [6, 6.07) is 12.7. The summed E-state index contributed by atoms with van der Waals surface area (Å²) in [5.74, 6) is 1.24. The molecule has 2 aromatic rings. The van der Waals surface area contributed by atoms with Crippen molar-refractivity contribution in [2.24, 2.45) is 5.73 Å². The SMILES string of the molecule is Cc1cc(C#N)ccc1OC(C)C.Cc1cc(C(N)=O)ccc1OC(C)C.O=P(Cl)(Cl)Cl. The Balaban J connectivity index is 0.000000499. The Bertz CT molecular complexity index is 977. The fourth-order valence-corrected chi connectivity index (χ4v) is 2.29. The van der Waals surface area contributed by atoms with E-state index in [4.69, 9.17) is 20.5 Å². The molecule has 176 valence electrons. The van der Waals surface area contributed by atoms with E-state index in [2.05, 4.69) is 39.8 Å². The van der Waals surface area contributed by atoms with E-state index in [1.54, 1.807) is 24.3 Å². The molecule has 0 unspecified atom stereocenters. The van der Waals surface area contributed by atoms with Crippen LogP contribution in [0.2, 0.25) is 0 Å². The quantitative estimate of drug-likeness (QED) is 0.414. The Labute approximate surface area is 204 Å². The summed E-state index contributed by atoms with van der Waals surface area (Å²) in [6.07, 6.45) is 0.305. The third-order valence-corrected chi connectivity index (χ3v) is 3.49. The van der Waals surface area contributed by atoms with E-state index < -0.39 is 11.1 Å². The molecule has 0 atom stereocenters. The molecule has 0 saturated heterocycles. The van der Waals surface area contributed by atoms with Crippen molar-refractivity contribution in [1.82, 2.24) is 0 Å². The normalized spacial score (nSPS) is 10.3. The number of amides is 1. The topological polar surface area (TPSA) is 102 Å². The van der Waals surface area contributed by atoms with Gasteiger partial charge >= 0.3 is 5.20 Å². The van der Waals surface area contributed by atoms with Gasteiger partial charge in [-0.3, -0.25) is 9.36 Å². The Morgan fingerprint density at radius 3 is 1.66 bits per heavy atom.